The summed E-state index contributed by atoms with van der Waals surface area (Å²) in [6.45, 7) is 0. The van der Waals surface area contributed by atoms with E-state index in [2.05, 4.69) is 25.4 Å². The number of fused-ring (bicyclic) bond motifs is 2. The summed E-state index contributed by atoms with van der Waals surface area (Å²) in [6, 6.07) is 7.34. The fourth-order valence-corrected chi connectivity index (χ4v) is 1.84. The lowest BCUT2D eigenvalue weighted by molar-refractivity contribution is 0.776. The summed E-state index contributed by atoms with van der Waals surface area (Å²) in [7, 11) is 0. The van der Waals surface area contributed by atoms with Gasteiger partial charge in [-0.1, -0.05) is 5.21 Å². The number of hydrogen-bond donors (Lipinski definition) is 0. The van der Waals surface area contributed by atoms with Crippen LogP contribution in [0, 0.1) is 0 Å². The van der Waals surface area contributed by atoms with Crippen molar-refractivity contribution in [3.05, 3.63) is 42.9 Å². The third-order valence-electron chi connectivity index (χ3n) is 2.65. The maximum absolute atomic E-state index is 4.38. The molecule has 4 rings (SSSR count). The Balaban J connectivity index is 2.01. The summed E-state index contributed by atoms with van der Waals surface area (Å²) < 4.78 is 3.29. The monoisotopic (exact) mass is 237 g/mol. The molecule has 4 heterocycles. The average Bonchev–Trinajstić information content (AvgIpc) is 3.02. The van der Waals surface area contributed by atoms with Gasteiger partial charge in [0.2, 0.25) is 0 Å². The van der Waals surface area contributed by atoms with Crippen LogP contribution in [0.2, 0.25) is 0 Å². The van der Waals surface area contributed by atoms with Crippen molar-refractivity contribution in [2.75, 3.05) is 0 Å². The van der Waals surface area contributed by atoms with E-state index < -0.39 is 0 Å². The van der Waals surface area contributed by atoms with Crippen molar-refractivity contribution >= 4 is 16.8 Å². The van der Waals surface area contributed by atoms with Gasteiger partial charge in [-0.15, -0.1) is 10.2 Å². The van der Waals surface area contributed by atoms with Gasteiger partial charge >= 0.3 is 0 Å². The largest absolute Gasteiger partial charge is 0.237 e. The lowest BCUT2D eigenvalue weighted by Crippen LogP contribution is -1.99. The second kappa shape index (κ2) is 3.33. The van der Waals surface area contributed by atoms with Crippen LogP contribution in [0.5, 0.6) is 0 Å². The van der Waals surface area contributed by atoms with Gasteiger partial charge in [-0.05, 0) is 18.2 Å². The molecule has 4 aromatic heterocycles. The topological polar surface area (TPSA) is 73.8 Å². The van der Waals surface area contributed by atoms with Gasteiger partial charge in [-0.25, -0.2) is 14.5 Å². The first-order valence-electron chi connectivity index (χ1n) is 5.39. The number of hydrogen-bond acceptors (Lipinski definition) is 5. The SMILES string of the molecule is c1cnc2c(c1)nnn2-c1cc2ncccn2n1. The van der Waals surface area contributed by atoms with Crippen LogP contribution >= 0.6 is 0 Å². The molecule has 86 valence electrons. The number of rotatable bonds is 1. The lowest BCUT2D eigenvalue weighted by Gasteiger charge is -1.93. The first-order chi connectivity index (χ1) is 8.92. The van der Waals surface area contributed by atoms with Gasteiger partial charge in [-0.3, -0.25) is 0 Å². The Morgan fingerprint density at radius 1 is 1.06 bits per heavy atom. The van der Waals surface area contributed by atoms with Crippen molar-refractivity contribution in [3.63, 3.8) is 0 Å². The van der Waals surface area contributed by atoms with Gasteiger partial charge in [0.15, 0.2) is 17.1 Å². The first kappa shape index (κ1) is 9.23. The Hall–Kier alpha value is -2.83. The molecule has 0 saturated carbocycles. The van der Waals surface area contributed by atoms with Gasteiger partial charge < -0.3 is 0 Å². The molecule has 0 bridgehead atoms. The zero-order chi connectivity index (χ0) is 11.9. The molecular weight excluding hydrogens is 230 g/mol. The summed E-state index contributed by atoms with van der Waals surface area (Å²) in [5.41, 5.74) is 2.18. The van der Waals surface area contributed by atoms with Crippen LogP contribution in [0.25, 0.3) is 22.6 Å². The Morgan fingerprint density at radius 3 is 2.94 bits per heavy atom. The van der Waals surface area contributed by atoms with E-state index >= 15 is 0 Å². The molecule has 0 aromatic carbocycles. The fraction of sp³-hybridized carbons (Fsp3) is 0. The minimum atomic E-state index is 0.648. The third kappa shape index (κ3) is 1.21. The molecule has 0 aliphatic heterocycles. The summed E-state index contributed by atoms with van der Waals surface area (Å²) in [4.78, 5) is 8.47. The van der Waals surface area contributed by atoms with Gasteiger partial charge in [-0.2, -0.15) is 4.68 Å². The zero-order valence-electron chi connectivity index (χ0n) is 9.17. The highest BCUT2D eigenvalue weighted by Gasteiger charge is 2.10. The summed E-state index contributed by atoms with van der Waals surface area (Å²) in [5, 5.41) is 12.5. The van der Waals surface area contributed by atoms with Gasteiger partial charge in [0.1, 0.15) is 5.52 Å². The van der Waals surface area contributed by atoms with E-state index in [1.165, 1.54) is 0 Å². The van der Waals surface area contributed by atoms with Crippen LogP contribution in [-0.4, -0.2) is 34.6 Å². The van der Waals surface area contributed by atoms with Crippen molar-refractivity contribution in [1.29, 1.82) is 0 Å². The minimum Gasteiger partial charge on any atom is -0.237 e. The minimum absolute atomic E-state index is 0.648. The first-order valence-corrected chi connectivity index (χ1v) is 5.39. The Labute approximate surface area is 101 Å². The van der Waals surface area contributed by atoms with E-state index in [1.54, 1.807) is 21.6 Å². The predicted molar refractivity (Wildman–Crippen MR) is 63.2 cm³/mol. The van der Waals surface area contributed by atoms with Gasteiger partial charge in [0.05, 0.1) is 0 Å². The number of pyridine rings is 1. The smallest absolute Gasteiger partial charge is 0.185 e. The highest BCUT2D eigenvalue weighted by Crippen LogP contribution is 2.13. The maximum atomic E-state index is 4.38. The van der Waals surface area contributed by atoms with Crippen molar-refractivity contribution in [3.8, 4) is 5.82 Å². The quantitative estimate of drug-likeness (QED) is 0.491. The molecule has 0 amide bonds. The molecule has 0 aliphatic rings. The van der Waals surface area contributed by atoms with Crippen LogP contribution in [0.1, 0.15) is 0 Å². The fourth-order valence-electron chi connectivity index (χ4n) is 1.84. The molecule has 0 spiro atoms. The van der Waals surface area contributed by atoms with E-state index in [0.29, 0.717) is 11.5 Å². The summed E-state index contributed by atoms with van der Waals surface area (Å²) in [6.07, 6.45) is 5.26. The molecule has 0 fully saturated rings. The molecule has 0 aliphatic carbocycles. The number of nitrogens with zero attached hydrogens (tertiary/aromatic N) is 7. The third-order valence-corrected chi connectivity index (χ3v) is 2.65. The van der Waals surface area contributed by atoms with E-state index in [0.717, 1.165) is 11.2 Å². The van der Waals surface area contributed by atoms with E-state index in [-0.39, 0.29) is 0 Å². The zero-order valence-corrected chi connectivity index (χ0v) is 9.17. The molecule has 0 atom stereocenters. The van der Waals surface area contributed by atoms with Crippen LogP contribution in [-0.2, 0) is 0 Å². The van der Waals surface area contributed by atoms with Gasteiger partial charge in [0, 0.05) is 24.7 Å². The maximum Gasteiger partial charge on any atom is 0.185 e. The standard InChI is InChI=1S/C11H7N7/c1-3-8-11(13-4-1)18(16-14-8)10-7-9-12-5-2-6-17(9)15-10/h1-7H. The van der Waals surface area contributed by atoms with Crippen molar-refractivity contribution in [2.45, 2.75) is 0 Å². The van der Waals surface area contributed by atoms with E-state index in [1.807, 2.05) is 30.5 Å². The van der Waals surface area contributed by atoms with E-state index in [9.17, 15) is 0 Å². The molecule has 0 unspecified atom stereocenters. The molecule has 18 heavy (non-hydrogen) atoms. The predicted octanol–water partition coefficient (Wildman–Crippen LogP) is 0.858. The van der Waals surface area contributed by atoms with Crippen LogP contribution in [0.3, 0.4) is 0 Å². The van der Waals surface area contributed by atoms with Crippen LogP contribution < -0.4 is 0 Å². The van der Waals surface area contributed by atoms with Crippen molar-refractivity contribution in [1.82, 2.24) is 34.6 Å². The second-order valence-corrected chi connectivity index (χ2v) is 3.77. The average molecular weight is 237 g/mol. The van der Waals surface area contributed by atoms with Crippen LogP contribution in [0.15, 0.2) is 42.9 Å². The molecule has 0 saturated heterocycles. The molecule has 7 heteroatoms. The number of aromatic nitrogens is 7. The normalized spacial score (nSPS) is 11.3. The molecule has 7 nitrogen and oxygen atoms in total. The highest BCUT2D eigenvalue weighted by atomic mass is 15.5. The van der Waals surface area contributed by atoms with Gasteiger partial charge in [0.25, 0.3) is 0 Å². The van der Waals surface area contributed by atoms with Crippen molar-refractivity contribution in [2.24, 2.45) is 0 Å². The second-order valence-electron chi connectivity index (χ2n) is 3.77. The molecule has 0 radical (unpaired) electrons. The summed E-state index contributed by atoms with van der Waals surface area (Å²) in [5.74, 6) is 0.648. The van der Waals surface area contributed by atoms with Crippen molar-refractivity contribution < 1.29 is 0 Å². The highest BCUT2D eigenvalue weighted by molar-refractivity contribution is 5.71. The summed E-state index contributed by atoms with van der Waals surface area (Å²) >= 11 is 0. The molecular formula is C11H7N7. The van der Waals surface area contributed by atoms with E-state index in [4.69, 9.17) is 0 Å². The molecule has 0 N–H and O–H groups in total. The molecule has 4 aromatic rings. The Bertz CT molecular complexity index is 811. The van der Waals surface area contributed by atoms with Crippen LogP contribution in [0.4, 0.5) is 0 Å². The Kier molecular flexibility index (Phi) is 1.71. The lowest BCUT2D eigenvalue weighted by atomic mass is 10.4. The Morgan fingerprint density at radius 2 is 2.00 bits per heavy atom.